The molecule has 1 aromatic heterocycles. The van der Waals surface area contributed by atoms with Gasteiger partial charge in [-0.3, -0.25) is 4.79 Å². The number of ether oxygens (including phenoxy) is 1. The van der Waals surface area contributed by atoms with Crippen LogP contribution in [-0.2, 0) is 4.79 Å². The molecule has 0 aliphatic rings. The molecular weight excluding hydrogens is 302 g/mol. The quantitative estimate of drug-likeness (QED) is 0.736. The van der Waals surface area contributed by atoms with Gasteiger partial charge >= 0.3 is 0 Å². The van der Waals surface area contributed by atoms with Crippen molar-refractivity contribution in [3.8, 4) is 5.75 Å². The number of aromatic nitrogens is 2. The minimum atomic E-state index is 0.0177. The summed E-state index contributed by atoms with van der Waals surface area (Å²) >= 11 is 0. The van der Waals surface area contributed by atoms with E-state index in [1.165, 1.54) is 5.56 Å². The lowest BCUT2D eigenvalue weighted by Gasteiger charge is -2.12. The first kappa shape index (κ1) is 18.0. The molecule has 5 heteroatoms. The van der Waals surface area contributed by atoms with E-state index < -0.39 is 0 Å². The van der Waals surface area contributed by atoms with Crippen molar-refractivity contribution in [1.29, 1.82) is 0 Å². The van der Waals surface area contributed by atoms with Crippen LogP contribution in [0.15, 0.2) is 30.5 Å². The Labute approximate surface area is 144 Å². The van der Waals surface area contributed by atoms with Gasteiger partial charge in [0.25, 0.3) is 0 Å². The van der Waals surface area contributed by atoms with Gasteiger partial charge < -0.3 is 10.1 Å². The van der Waals surface area contributed by atoms with Crippen molar-refractivity contribution in [1.82, 2.24) is 9.78 Å². The third-order valence-corrected chi connectivity index (χ3v) is 3.83. The van der Waals surface area contributed by atoms with Gasteiger partial charge in [0.15, 0.2) is 0 Å². The molecule has 0 fully saturated rings. The zero-order valence-electron chi connectivity index (χ0n) is 15.0. The Morgan fingerprint density at radius 3 is 2.79 bits per heavy atom. The van der Waals surface area contributed by atoms with Gasteiger partial charge in [0.05, 0.1) is 12.8 Å². The van der Waals surface area contributed by atoms with Gasteiger partial charge in [0.2, 0.25) is 5.91 Å². The van der Waals surface area contributed by atoms with Crippen molar-refractivity contribution < 1.29 is 9.53 Å². The topological polar surface area (TPSA) is 56.1 Å². The van der Waals surface area contributed by atoms with Crippen LogP contribution in [0.2, 0.25) is 0 Å². The number of hydrogen-bond donors (Lipinski definition) is 1. The van der Waals surface area contributed by atoms with Crippen LogP contribution in [0.5, 0.6) is 5.75 Å². The zero-order valence-corrected chi connectivity index (χ0v) is 15.0. The molecule has 0 aliphatic heterocycles. The number of unbranched alkanes of at least 4 members (excludes halogenated alkanes) is 1. The lowest BCUT2D eigenvalue weighted by Crippen LogP contribution is -2.16. The average Bonchev–Trinajstić information content (AvgIpc) is 2.98. The van der Waals surface area contributed by atoms with Crippen LogP contribution in [0, 0.1) is 13.8 Å². The molecule has 0 aliphatic carbocycles. The minimum Gasteiger partial charge on any atom is -0.493 e. The molecule has 130 valence electrons. The number of nitrogens with zero attached hydrogens (tertiary/aromatic N) is 2. The van der Waals surface area contributed by atoms with Crippen LogP contribution < -0.4 is 10.1 Å². The van der Waals surface area contributed by atoms with Gasteiger partial charge in [-0.1, -0.05) is 12.1 Å². The van der Waals surface area contributed by atoms with Crippen LogP contribution in [0.4, 0.5) is 5.82 Å². The first-order chi connectivity index (χ1) is 11.5. The number of nitrogens with one attached hydrogen (secondary N) is 1. The number of aryl methyl sites for hydroxylation is 2. The molecular formula is C19H27N3O2. The predicted octanol–water partition coefficient (Wildman–Crippen LogP) is 4.27. The number of carbonyl (C=O) groups is 1. The molecule has 0 radical (unpaired) electrons. The van der Waals surface area contributed by atoms with Crippen LogP contribution in [-0.4, -0.2) is 22.3 Å². The lowest BCUT2D eigenvalue weighted by atomic mass is 10.1. The molecule has 24 heavy (non-hydrogen) atoms. The van der Waals surface area contributed by atoms with Crippen molar-refractivity contribution in [2.75, 3.05) is 11.9 Å². The Balaban J connectivity index is 1.69. The van der Waals surface area contributed by atoms with Gasteiger partial charge in [-0.05, 0) is 57.7 Å². The Kier molecular flexibility index (Phi) is 6.41. The van der Waals surface area contributed by atoms with E-state index in [2.05, 4.69) is 35.5 Å². The maximum Gasteiger partial charge on any atom is 0.225 e. The summed E-state index contributed by atoms with van der Waals surface area (Å²) in [6.07, 6.45) is 3.84. The molecule has 0 saturated heterocycles. The van der Waals surface area contributed by atoms with Crippen molar-refractivity contribution in [2.45, 2.75) is 53.0 Å². The van der Waals surface area contributed by atoms with Crippen LogP contribution in [0.1, 0.15) is 50.3 Å². The van der Waals surface area contributed by atoms with Gasteiger partial charge in [-0.25, -0.2) is 4.68 Å². The maximum absolute atomic E-state index is 12.0. The average molecular weight is 329 g/mol. The monoisotopic (exact) mass is 329 g/mol. The minimum absolute atomic E-state index is 0.0177. The molecule has 2 aromatic rings. The van der Waals surface area contributed by atoms with E-state index in [1.54, 1.807) is 6.20 Å². The van der Waals surface area contributed by atoms with Gasteiger partial charge in [0.1, 0.15) is 11.6 Å². The number of rotatable bonds is 8. The summed E-state index contributed by atoms with van der Waals surface area (Å²) in [4.78, 5) is 12.0. The molecule has 0 spiro atoms. The maximum atomic E-state index is 12.0. The van der Waals surface area contributed by atoms with Crippen molar-refractivity contribution in [3.63, 3.8) is 0 Å². The molecule has 1 amide bonds. The van der Waals surface area contributed by atoms with E-state index in [4.69, 9.17) is 4.74 Å². The first-order valence-electron chi connectivity index (χ1n) is 8.51. The highest BCUT2D eigenvalue weighted by atomic mass is 16.5. The summed E-state index contributed by atoms with van der Waals surface area (Å²) in [6.45, 7) is 8.79. The Morgan fingerprint density at radius 2 is 2.04 bits per heavy atom. The third-order valence-electron chi connectivity index (χ3n) is 3.83. The zero-order chi connectivity index (χ0) is 17.5. The molecule has 0 atom stereocenters. The fourth-order valence-corrected chi connectivity index (χ4v) is 2.46. The largest absolute Gasteiger partial charge is 0.493 e. The van der Waals surface area contributed by atoms with E-state index in [0.717, 1.165) is 30.0 Å². The second-order valence-corrected chi connectivity index (χ2v) is 6.38. The van der Waals surface area contributed by atoms with Crippen LogP contribution in [0.25, 0.3) is 0 Å². The van der Waals surface area contributed by atoms with Gasteiger partial charge in [-0.15, -0.1) is 0 Å². The molecule has 2 rings (SSSR count). The fraction of sp³-hybridized carbons (Fsp3) is 0.474. The third kappa shape index (κ3) is 5.11. The van der Waals surface area contributed by atoms with Crippen molar-refractivity contribution in [3.05, 3.63) is 41.6 Å². The molecule has 0 saturated carbocycles. The summed E-state index contributed by atoms with van der Waals surface area (Å²) in [5.74, 6) is 1.70. The Morgan fingerprint density at radius 1 is 1.25 bits per heavy atom. The molecule has 0 unspecified atom stereocenters. The second kappa shape index (κ2) is 8.52. The second-order valence-electron chi connectivity index (χ2n) is 6.38. The summed E-state index contributed by atoms with van der Waals surface area (Å²) in [7, 11) is 0. The van der Waals surface area contributed by atoms with Gasteiger partial charge in [-0.2, -0.15) is 5.10 Å². The Bertz CT molecular complexity index is 677. The summed E-state index contributed by atoms with van der Waals surface area (Å²) in [5, 5.41) is 7.13. The molecule has 1 N–H and O–H groups in total. The fourth-order valence-electron chi connectivity index (χ4n) is 2.46. The van der Waals surface area contributed by atoms with Gasteiger partial charge in [0, 0.05) is 18.5 Å². The lowest BCUT2D eigenvalue weighted by molar-refractivity contribution is -0.116. The highest BCUT2D eigenvalue weighted by molar-refractivity contribution is 5.89. The molecule has 0 bridgehead atoms. The number of hydrogen-bond acceptors (Lipinski definition) is 3. The predicted molar refractivity (Wildman–Crippen MR) is 96.5 cm³/mol. The number of anilines is 1. The standard InChI is InChI=1S/C19H27N3O2/c1-14(2)22-18(10-11-20-22)21-19(23)7-5-6-12-24-17-13-15(3)8-9-16(17)4/h8-11,13-14H,5-7,12H2,1-4H3,(H,21,23). The number of carbonyl (C=O) groups excluding carboxylic acids is 1. The first-order valence-corrected chi connectivity index (χ1v) is 8.51. The smallest absolute Gasteiger partial charge is 0.225 e. The molecule has 1 aromatic carbocycles. The summed E-state index contributed by atoms with van der Waals surface area (Å²) in [6, 6.07) is 8.24. The van der Waals surface area contributed by atoms with Crippen molar-refractivity contribution >= 4 is 11.7 Å². The molecule has 1 heterocycles. The summed E-state index contributed by atoms with van der Waals surface area (Å²) < 4.78 is 7.62. The van der Waals surface area contributed by atoms with Crippen LogP contribution in [0.3, 0.4) is 0 Å². The van der Waals surface area contributed by atoms with E-state index >= 15 is 0 Å². The van der Waals surface area contributed by atoms with Crippen LogP contribution >= 0.6 is 0 Å². The van der Waals surface area contributed by atoms with E-state index in [-0.39, 0.29) is 11.9 Å². The Hall–Kier alpha value is -2.30. The van der Waals surface area contributed by atoms with E-state index in [1.807, 2.05) is 31.5 Å². The van der Waals surface area contributed by atoms with E-state index in [9.17, 15) is 4.79 Å². The molecule has 5 nitrogen and oxygen atoms in total. The SMILES string of the molecule is Cc1ccc(C)c(OCCCCC(=O)Nc2ccnn2C(C)C)c1. The highest BCUT2D eigenvalue weighted by Gasteiger charge is 2.09. The van der Waals surface area contributed by atoms with E-state index in [0.29, 0.717) is 13.0 Å². The summed E-state index contributed by atoms with van der Waals surface area (Å²) in [5.41, 5.74) is 2.33. The number of benzene rings is 1. The normalized spacial score (nSPS) is 10.9. The highest BCUT2D eigenvalue weighted by Crippen LogP contribution is 2.19. The van der Waals surface area contributed by atoms with Crippen molar-refractivity contribution in [2.24, 2.45) is 0 Å². The number of amides is 1.